The zero-order chi connectivity index (χ0) is 31.1. The highest BCUT2D eigenvalue weighted by atomic mass is 19.4. The van der Waals surface area contributed by atoms with Crippen molar-refractivity contribution in [2.45, 2.75) is 64.5 Å². The van der Waals surface area contributed by atoms with Crippen LogP contribution in [-0.2, 0) is 4.74 Å². The number of aromatic nitrogens is 6. The number of nitriles is 1. The van der Waals surface area contributed by atoms with E-state index in [9.17, 15) is 27.6 Å². The number of nitrogens with zero attached hydrogens (tertiary/aromatic N) is 8. The molecular weight excluding hydrogens is 572 g/mol. The van der Waals surface area contributed by atoms with Gasteiger partial charge in [-0.25, -0.2) is 18.9 Å². The zero-order valence-electron chi connectivity index (χ0n) is 23.8. The number of imidazole rings is 1. The van der Waals surface area contributed by atoms with Crippen molar-refractivity contribution in [3.8, 4) is 23.2 Å². The summed E-state index contributed by atoms with van der Waals surface area (Å²) in [6.07, 6.45) is -4.79. The van der Waals surface area contributed by atoms with E-state index in [1.807, 2.05) is 6.07 Å². The van der Waals surface area contributed by atoms with Gasteiger partial charge in [0.2, 0.25) is 12.0 Å². The van der Waals surface area contributed by atoms with Crippen molar-refractivity contribution in [2.24, 2.45) is 0 Å². The summed E-state index contributed by atoms with van der Waals surface area (Å²) in [4.78, 5) is 21.8. The molecule has 1 unspecified atom stereocenters. The van der Waals surface area contributed by atoms with Gasteiger partial charge in [-0.05, 0) is 58.7 Å². The molecule has 0 aromatic carbocycles. The molecule has 226 valence electrons. The molecule has 0 N–H and O–H groups in total. The molecule has 5 heterocycles. The van der Waals surface area contributed by atoms with Crippen LogP contribution in [0.2, 0.25) is 0 Å². The van der Waals surface area contributed by atoms with Crippen LogP contribution in [0.5, 0.6) is 5.88 Å². The molecule has 0 saturated carbocycles. The number of hydrogen-bond acceptors (Lipinski definition) is 8. The maximum absolute atomic E-state index is 14.1. The van der Waals surface area contributed by atoms with Gasteiger partial charge in [-0.3, -0.25) is 9.38 Å². The molecule has 1 saturated heterocycles. The summed E-state index contributed by atoms with van der Waals surface area (Å²) in [5.41, 5.74) is 0.315. The Morgan fingerprint density at radius 1 is 1.12 bits per heavy atom. The normalized spacial score (nSPS) is 15.4. The van der Waals surface area contributed by atoms with Gasteiger partial charge in [0.05, 0.1) is 29.8 Å². The fraction of sp³-hybridized carbons (Fsp3) is 0.429. The van der Waals surface area contributed by atoms with Crippen molar-refractivity contribution in [2.75, 3.05) is 13.1 Å². The number of piperidine rings is 1. The van der Waals surface area contributed by atoms with Crippen LogP contribution < -0.4 is 4.74 Å². The highest BCUT2D eigenvalue weighted by Crippen LogP contribution is 2.38. The van der Waals surface area contributed by atoms with E-state index in [4.69, 9.17) is 9.47 Å². The van der Waals surface area contributed by atoms with Crippen LogP contribution in [0, 0.1) is 24.1 Å². The van der Waals surface area contributed by atoms with E-state index in [0.29, 0.717) is 49.1 Å². The monoisotopic (exact) mass is 600 g/mol. The molecule has 0 spiro atoms. The first-order chi connectivity index (χ1) is 20.2. The first-order valence-corrected chi connectivity index (χ1v) is 13.4. The molecule has 1 amide bonds. The lowest BCUT2D eigenvalue weighted by Gasteiger charge is -2.33. The first-order valence-electron chi connectivity index (χ1n) is 13.4. The number of likely N-dealkylation sites (tertiary alicyclic amines) is 1. The minimum atomic E-state index is -4.92. The summed E-state index contributed by atoms with van der Waals surface area (Å²) in [6.45, 7) is 8.12. The molecule has 1 atom stereocenters. The largest absolute Gasteiger partial charge is 0.459 e. The quantitative estimate of drug-likeness (QED) is 0.273. The Labute approximate surface area is 243 Å². The second kappa shape index (κ2) is 11.2. The molecule has 15 heteroatoms. The molecule has 1 aliphatic rings. The molecule has 0 aliphatic carbocycles. The predicted octanol–water partition coefficient (Wildman–Crippen LogP) is 5.56. The third-order valence-electron chi connectivity index (χ3n) is 6.91. The second-order valence-corrected chi connectivity index (χ2v) is 11.1. The van der Waals surface area contributed by atoms with Gasteiger partial charge in [-0.1, -0.05) is 5.21 Å². The van der Waals surface area contributed by atoms with E-state index >= 15 is 0 Å². The number of rotatable bonds is 5. The van der Waals surface area contributed by atoms with Crippen molar-refractivity contribution in [1.29, 1.82) is 5.26 Å². The molecule has 4 aromatic heterocycles. The van der Waals surface area contributed by atoms with E-state index in [2.05, 4.69) is 20.3 Å². The summed E-state index contributed by atoms with van der Waals surface area (Å²) in [5.74, 6) is -1.14. The number of halogens is 4. The van der Waals surface area contributed by atoms with Crippen LogP contribution in [0.15, 0.2) is 36.7 Å². The van der Waals surface area contributed by atoms with Gasteiger partial charge in [0.1, 0.15) is 34.5 Å². The SMILES string of the molecule is Cc1c(-c2cc(OC(c3ccc(F)cn3)C(F)(F)F)n3c(C#N)cnc3c2)nnn1C1CCN(C(=O)OC(C)(C)C)CC1. The number of alkyl halides is 3. The van der Waals surface area contributed by atoms with E-state index in [-0.39, 0.29) is 29.4 Å². The number of hydrogen-bond donors (Lipinski definition) is 0. The molecule has 0 radical (unpaired) electrons. The van der Waals surface area contributed by atoms with E-state index in [1.54, 1.807) is 43.3 Å². The average molecular weight is 601 g/mol. The Bertz CT molecular complexity index is 1680. The van der Waals surface area contributed by atoms with Gasteiger partial charge in [-0.15, -0.1) is 5.10 Å². The van der Waals surface area contributed by atoms with Crippen molar-refractivity contribution in [1.82, 2.24) is 34.3 Å². The number of amides is 1. The highest BCUT2D eigenvalue weighted by Gasteiger charge is 2.45. The van der Waals surface area contributed by atoms with E-state index in [0.717, 1.165) is 16.5 Å². The summed E-state index contributed by atoms with van der Waals surface area (Å²) in [5, 5.41) is 18.2. The fourth-order valence-electron chi connectivity index (χ4n) is 4.91. The molecule has 0 bridgehead atoms. The van der Waals surface area contributed by atoms with Crippen LogP contribution in [0.25, 0.3) is 16.9 Å². The molecule has 1 aliphatic heterocycles. The summed E-state index contributed by atoms with van der Waals surface area (Å²) in [7, 11) is 0. The molecular formula is C28H28F4N8O3. The Kier molecular flexibility index (Phi) is 7.72. The van der Waals surface area contributed by atoms with Crippen LogP contribution >= 0.6 is 0 Å². The van der Waals surface area contributed by atoms with E-state index < -0.39 is 29.4 Å². The van der Waals surface area contributed by atoms with Gasteiger partial charge in [0.15, 0.2) is 0 Å². The summed E-state index contributed by atoms with van der Waals surface area (Å²) < 4.78 is 69.7. The minimum Gasteiger partial charge on any atom is -0.459 e. The van der Waals surface area contributed by atoms with Gasteiger partial charge >= 0.3 is 12.3 Å². The molecule has 43 heavy (non-hydrogen) atoms. The van der Waals surface area contributed by atoms with Gasteiger partial charge in [-0.2, -0.15) is 18.4 Å². The molecule has 5 rings (SSSR count). The number of carbonyl (C=O) groups excluding carboxylic acids is 1. The Morgan fingerprint density at radius 2 is 1.84 bits per heavy atom. The van der Waals surface area contributed by atoms with Gasteiger partial charge in [0, 0.05) is 24.7 Å². The van der Waals surface area contributed by atoms with Crippen LogP contribution in [0.1, 0.15) is 62.8 Å². The van der Waals surface area contributed by atoms with Crippen molar-refractivity contribution in [3.05, 3.63) is 59.6 Å². The molecule has 1 fully saturated rings. The predicted molar refractivity (Wildman–Crippen MR) is 143 cm³/mol. The molecule has 4 aromatic rings. The average Bonchev–Trinajstić information content (AvgIpc) is 3.54. The summed E-state index contributed by atoms with van der Waals surface area (Å²) in [6, 6.07) is 6.46. The fourth-order valence-corrected chi connectivity index (χ4v) is 4.91. The van der Waals surface area contributed by atoms with Gasteiger partial charge in [0.25, 0.3) is 0 Å². The number of fused-ring (bicyclic) bond motifs is 1. The lowest BCUT2D eigenvalue weighted by atomic mass is 10.0. The number of pyridine rings is 2. The summed E-state index contributed by atoms with van der Waals surface area (Å²) >= 11 is 0. The Hall–Kier alpha value is -4.74. The first kappa shape index (κ1) is 29.7. The third-order valence-corrected chi connectivity index (χ3v) is 6.91. The second-order valence-electron chi connectivity index (χ2n) is 11.1. The van der Waals surface area contributed by atoms with Crippen LogP contribution in [0.4, 0.5) is 22.4 Å². The standard InChI is InChI=1S/C28H28F4N8O3/c1-16-24(36-37-40(16)19-7-9-38(10-8-19)26(41)43-27(2,3)4)17-11-22-35-15-20(13-33)39(22)23(12-17)42-25(28(30,31)32)21-6-5-18(29)14-34-21/h5-6,11-12,14-15,19,25H,7-10H2,1-4H3. The Morgan fingerprint density at radius 3 is 2.44 bits per heavy atom. The Balaban J connectivity index is 1.46. The number of carbonyl (C=O) groups is 1. The zero-order valence-corrected chi connectivity index (χ0v) is 23.8. The lowest BCUT2D eigenvalue weighted by molar-refractivity contribution is -0.200. The maximum Gasteiger partial charge on any atom is 0.431 e. The van der Waals surface area contributed by atoms with Crippen molar-refractivity contribution < 1.29 is 31.8 Å². The van der Waals surface area contributed by atoms with Crippen molar-refractivity contribution >= 4 is 11.7 Å². The van der Waals surface area contributed by atoms with Crippen LogP contribution in [0.3, 0.4) is 0 Å². The molecule has 11 nitrogen and oxygen atoms in total. The topological polar surface area (TPSA) is 123 Å². The third kappa shape index (κ3) is 6.23. The van der Waals surface area contributed by atoms with Crippen molar-refractivity contribution in [3.63, 3.8) is 0 Å². The van der Waals surface area contributed by atoms with Crippen LogP contribution in [-0.4, -0.2) is 65.2 Å². The highest BCUT2D eigenvalue weighted by molar-refractivity contribution is 5.69. The minimum absolute atomic E-state index is 0.0540. The van der Waals surface area contributed by atoms with Gasteiger partial charge < -0.3 is 14.4 Å². The van der Waals surface area contributed by atoms with E-state index in [1.165, 1.54) is 12.3 Å². The maximum atomic E-state index is 14.1. The number of ether oxygens (including phenoxy) is 2. The smallest absolute Gasteiger partial charge is 0.431 e. The lowest BCUT2D eigenvalue weighted by Crippen LogP contribution is -2.42.